The number of carbonyl (C=O) groups excluding carboxylic acids is 1. The molecule has 2 aromatic rings. The Bertz CT molecular complexity index is 952. The zero-order chi connectivity index (χ0) is 23.3. The molecule has 31 heavy (non-hydrogen) atoms. The summed E-state index contributed by atoms with van der Waals surface area (Å²) in [5, 5.41) is 16.7. The summed E-state index contributed by atoms with van der Waals surface area (Å²) in [5.74, 6) is 2.15. The van der Waals surface area contributed by atoms with Crippen molar-refractivity contribution in [3.63, 3.8) is 0 Å². The Hall–Kier alpha value is -2.73. The first-order valence-electron chi connectivity index (χ1n) is 10.7. The number of phenolic OH excluding ortho intramolecular Hbond substituents is 1. The molecule has 0 saturated heterocycles. The topological polar surface area (TPSA) is 79.8 Å². The Morgan fingerprint density at radius 1 is 1.10 bits per heavy atom. The van der Waals surface area contributed by atoms with Crippen LogP contribution in [0.3, 0.4) is 0 Å². The first kappa shape index (κ1) is 24.5. The van der Waals surface area contributed by atoms with Crippen LogP contribution in [0, 0.1) is 27.7 Å². The number of aromatic hydroxyl groups is 1. The quantitative estimate of drug-likeness (QED) is 0.496. The third-order valence-electron chi connectivity index (χ3n) is 5.67. The van der Waals surface area contributed by atoms with Gasteiger partial charge in [0, 0.05) is 31.3 Å². The molecule has 1 amide bonds. The van der Waals surface area contributed by atoms with E-state index in [1.165, 1.54) is 6.92 Å². The van der Waals surface area contributed by atoms with Gasteiger partial charge < -0.3 is 25.2 Å². The second-order valence-corrected chi connectivity index (χ2v) is 8.30. The van der Waals surface area contributed by atoms with E-state index in [1.807, 2.05) is 39.8 Å². The van der Waals surface area contributed by atoms with Crippen molar-refractivity contribution < 1.29 is 19.4 Å². The van der Waals surface area contributed by atoms with Crippen LogP contribution < -0.4 is 20.1 Å². The maximum atomic E-state index is 11.4. The van der Waals surface area contributed by atoms with Crippen LogP contribution in [0.25, 0.3) is 0 Å². The first-order chi connectivity index (χ1) is 14.6. The van der Waals surface area contributed by atoms with Gasteiger partial charge in [-0.15, -0.1) is 0 Å². The minimum atomic E-state index is -0.0845. The lowest BCUT2D eigenvalue weighted by Gasteiger charge is -2.20. The molecule has 0 heterocycles. The molecule has 2 rings (SSSR count). The Morgan fingerprint density at radius 3 is 2.35 bits per heavy atom. The summed E-state index contributed by atoms with van der Waals surface area (Å²) in [6, 6.07) is 3.98. The summed E-state index contributed by atoms with van der Waals surface area (Å²) in [7, 11) is 1.66. The number of benzene rings is 2. The van der Waals surface area contributed by atoms with E-state index in [4.69, 9.17) is 9.47 Å². The molecule has 0 unspecified atom stereocenters. The molecule has 0 aliphatic rings. The fourth-order valence-corrected chi connectivity index (χ4v) is 3.70. The number of carbonyl (C=O) groups is 1. The number of aryl methyl sites for hydroxylation is 1. The van der Waals surface area contributed by atoms with Gasteiger partial charge in [0.2, 0.25) is 5.91 Å². The monoisotopic (exact) mass is 428 g/mol. The highest BCUT2D eigenvalue weighted by molar-refractivity contribution is 5.89. The van der Waals surface area contributed by atoms with Gasteiger partial charge in [0.25, 0.3) is 0 Å². The number of nitrogens with one attached hydrogen (secondary N) is 2. The molecule has 0 bridgehead atoms. The van der Waals surface area contributed by atoms with Gasteiger partial charge >= 0.3 is 0 Å². The van der Waals surface area contributed by atoms with Crippen molar-refractivity contribution >= 4 is 11.6 Å². The van der Waals surface area contributed by atoms with Crippen molar-refractivity contribution in [2.45, 2.75) is 60.9 Å². The molecule has 6 heteroatoms. The standard InChI is InChI=1S/C25H36N2O4/c1-14(2)20-12-22(27-19(7)28)15(3)11-23(20)31-10-9-26-13-21-18(6)24(29)16(4)17(5)25(21)30-8/h11-12,14,26,29H,9-10,13H2,1-8H3,(H,27,28). The minimum Gasteiger partial charge on any atom is -0.507 e. The van der Waals surface area contributed by atoms with Crippen LogP contribution in [0.5, 0.6) is 17.2 Å². The largest absolute Gasteiger partial charge is 0.507 e. The van der Waals surface area contributed by atoms with Crippen LogP contribution in [0.4, 0.5) is 5.69 Å². The van der Waals surface area contributed by atoms with E-state index in [0.717, 1.165) is 50.6 Å². The number of ether oxygens (including phenoxy) is 2. The predicted octanol–water partition coefficient (Wildman–Crippen LogP) is 4.88. The summed E-state index contributed by atoms with van der Waals surface area (Å²) in [4.78, 5) is 11.4. The van der Waals surface area contributed by atoms with Gasteiger partial charge in [-0.25, -0.2) is 0 Å². The van der Waals surface area contributed by atoms with E-state index in [-0.39, 0.29) is 11.8 Å². The van der Waals surface area contributed by atoms with Crippen molar-refractivity contribution in [2.24, 2.45) is 0 Å². The van der Waals surface area contributed by atoms with Crippen molar-refractivity contribution in [2.75, 3.05) is 25.6 Å². The third kappa shape index (κ3) is 5.70. The Morgan fingerprint density at radius 2 is 1.77 bits per heavy atom. The molecule has 0 aliphatic heterocycles. The summed E-state index contributed by atoms with van der Waals surface area (Å²) in [6.07, 6.45) is 0. The average Bonchev–Trinajstić information content (AvgIpc) is 2.71. The molecule has 2 aromatic carbocycles. The molecule has 0 spiro atoms. The molecule has 0 radical (unpaired) electrons. The lowest BCUT2D eigenvalue weighted by molar-refractivity contribution is -0.114. The van der Waals surface area contributed by atoms with E-state index in [0.29, 0.717) is 25.4 Å². The summed E-state index contributed by atoms with van der Waals surface area (Å²) in [5.41, 5.74) is 6.44. The second kappa shape index (κ2) is 10.5. The number of phenols is 1. The lowest BCUT2D eigenvalue weighted by Crippen LogP contribution is -2.22. The highest BCUT2D eigenvalue weighted by Gasteiger charge is 2.17. The molecule has 0 atom stereocenters. The zero-order valence-corrected chi connectivity index (χ0v) is 20.0. The molecule has 6 nitrogen and oxygen atoms in total. The number of hydrogen-bond donors (Lipinski definition) is 3. The Balaban J connectivity index is 2.06. The fourth-order valence-electron chi connectivity index (χ4n) is 3.70. The molecule has 170 valence electrons. The van der Waals surface area contributed by atoms with Crippen LogP contribution in [0.1, 0.15) is 60.1 Å². The van der Waals surface area contributed by atoms with E-state index in [9.17, 15) is 9.90 Å². The minimum absolute atomic E-state index is 0.0845. The van der Waals surface area contributed by atoms with Crippen molar-refractivity contribution in [3.8, 4) is 17.2 Å². The number of amides is 1. The first-order valence-corrected chi connectivity index (χ1v) is 10.7. The summed E-state index contributed by atoms with van der Waals surface area (Å²) >= 11 is 0. The molecule has 0 fully saturated rings. The highest BCUT2D eigenvalue weighted by Crippen LogP contribution is 2.37. The second-order valence-electron chi connectivity index (χ2n) is 8.30. The predicted molar refractivity (Wildman–Crippen MR) is 126 cm³/mol. The number of methoxy groups -OCH3 is 1. The number of hydrogen-bond acceptors (Lipinski definition) is 5. The third-order valence-corrected chi connectivity index (χ3v) is 5.67. The van der Waals surface area contributed by atoms with E-state index in [1.54, 1.807) is 7.11 Å². The molecular weight excluding hydrogens is 392 g/mol. The van der Waals surface area contributed by atoms with Crippen molar-refractivity contribution in [3.05, 3.63) is 45.5 Å². The van der Waals surface area contributed by atoms with Gasteiger partial charge in [-0.1, -0.05) is 13.8 Å². The number of anilines is 1. The van der Waals surface area contributed by atoms with Gasteiger partial charge in [-0.2, -0.15) is 0 Å². The fraction of sp³-hybridized carbons (Fsp3) is 0.480. The number of rotatable bonds is 9. The molecule has 0 saturated carbocycles. The maximum absolute atomic E-state index is 11.4. The van der Waals surface area contributed by atoms with Crippen LogP contribution in [0.2, 0.25) is 0 Å². The zero-order valence-electron chi connectivity index (χ0n) is 20.0. The summed E-state index contributed by atoms with van der Waals surface area (Å²) < 4.78 is 11.7. The molecule has 0 aliphatic carbocycles. The Kier molecular flexibility index (Phi) is 8.34. The van der Waals surface area contributed by atoms with Crippen molar-refractivity contribution in [1.82, 2.24) is 5.32 Å². The normalized spacial score (nSPS) is 11.0. The van der Waals surface area contributed by atoms with Crippen LogP contribution in [-0.4, -0.2) is 31.3 Å². The Labute approximate surface area is 186 Å². The lowest BCUT2D eigenvalue weighted by atomic mass is 9.97. The average molecular weight is 429 g/mol. The van der Waals surface area contributed by atoms with Gasteiger partial charge in [0.1, 0.15) is 23.9 Å². The van der Waals surface area contributed by atoms with Gasteiger partial charge in [0.05, 0.1) is 7.11 Å². The smallest absolute Gasteiger partial charge is 0.221 e. The van der Waals surface area contributed by atoms with Gasteiger partial charge in [-0.3, -0.25) is 4.79 Å². The van der Waals surface area contributed by atoms with E-state index in [2.05, 4.69) is 24.5 Å². The van der Waals surface area contributed by atoms with Gasteiger partial charge in [-0.05, 0) is 73.6 Å². The van der Waals surface area contributed by atoms with Gasteiger partial charge in [0.15, 0.2) is 0 Å². The maximum Gasteiger partial charge on any atom is 0.221 e. The molecular formula is C25H36N2O4. The van der Waals surface area contributed by atoms with E-state index < -0.39 is 0 Å². The molecule has 3 N–H and O–H groups in total. The summed E-state index contributed by atoms with van der Waals surface area (Å²) in [6.45, 7) is 15.2. The van der Waals surface area contributed by atoms with Crippen molar-refractivity contribution in [1.29, 1.82) is 0 Å². The van der Waals surface area contributed by atoms with Crippen LogP contribution in [-0.2, 0) is 11.3 Å². The highest BCUT2D eigenvalue weighted by atomic mass is 16.5. The molecule has 0 aromatic heterocycles. The van der Waals surface area contributed by atoms with Crippen LogP contribution >= 0.6 is 0 Å². The SMILES string of the molecule is COc1c(C)c(C)c(O)c(C)c1CNCCOc1cc(C)c(NC(C)=O)cc1C(C)C. The van der Waals surface area contributed by atoms with E-state index >= 15 is 0 Å². The van der Waals surface area contributed by atoms with Crippen LogP contribution in [0.15, 0.2) is 12.1 Å².